The Morgan fingerprint density at radius 1 is 0.952 bits per heavy atom. The van der Waals surface area contributed by atoms with E-state index in [9.17, 15) is 4.79 Å². The minimum atomic E-state index is -0.102. The van der Waals surface area contributed by atoms with Gasteiger partial charge in [-0.3, -0.25) is 0 Å². The maximum Gasteiger partial charge on any atom is 0.321 e. The van der Waals surface area contributed by atoms with Gasteiger partial charge in [-0.1, -0.05) is 0 Å². The molecule has 0 bridgehead atoms. The fraction of sp³-hybridized carbons (Fsp3) is 0.355. The van der Waals surface area contributed by atoms with Crippen LogP contribution in [0.25, 0.3) is 10.9 Å². The van der Waals surface area contributed by atoms with Crippen LogP contribution in [0.3, 0.4) is 0 Å². The Morgan fingerprint density at radius 2 is 1.71 bits per heavy atom. The normalized spacial score (nSPS) is 15.9. The average molecular weight is 570 g/mol. The third kappa shape index (κ3) is 6.31. The Bertz CT molecular complexity index is 1530. The summed E-state index contributed by atoms with van der Waals surface area (Å²) in [6.45, 7) is 6.32. The maximum absolute atomic E-state index is 12.7. The molecule has 0 radical (unpaired) electrons. The van der Waals surface area contributed by atoms with Gasteiger partial charge in [0, 0.05) is 55.8 Å². The third-order valence-corrected chi connectivity index (χ3v) is 7.64. The summed E-state index contributed by atoms with van der Waals surface area (Å²) < 4.78 is 17.0. The van der Waals surface area contributed by atoms with Crippen molar-refractivity contribution in [3.63, 3.8) is 0 Å². The van der Waals surface area contributed by atoms with Gasteiger partial charge in [-0.25, -0.2) is 19.7 Å². The van der Waals surface area contributed by atoms with Crippen molar-refractivity contribution < 1.29 is 19.0 Å². The molecule has 11 heteroatoms. The quantitative estimate of drug-likeness (QED) is 0.317. The molecular weight excluding hydrogens is 534 g/mol. The number of aryl methyl sites for hydroxylation is 1. The number of pyridine rings is 1. The van der Waals surface area contributed by atoms with Gasteiger partial charge in [-0.15, -0.1) is 0 Å². The minimum absolute atomic E-state index is 0.0458. The summed E-state index contributed by atoms with van der Waals surface area (Å²) in [4.78, 5) is 30.3. The first kappa shape index (κ1) is 27.5. The lowest BCUT2D eigenvalue weighted by molar-refractivity contribution is 0.115. The van der Waals surface area contributed by atoms with E-state index in [1.165, 1.54) is 0 Å². The van der Waals surface area contributed by atoms with Crippen molar-refractivity contribution in [3.8, 4) is 11.5 Å². The predicted octanol–water partition coefficient (Wildman–Crippen LogP) is 5.00. The summed E-state index contributed by atoms with van der Waals surface area (Å²) >= 11 is 0. The van der Waals surface area contributed by atoms with Gasteiger partial charge in [0.05, 0.1) is 32.0 Å². The molecule has 2 fully saturated rings. The number of morpholine rings is 1. The van der Waals surface area contributed by atoms with Crippen LogP contribution in [-0.2, 0) is 4.74 Å². The van der Waals surface area contributed by atoms with Gasteiger partial charge in [0.1, 0.15) is 35.6 Å². The van der Waals surface area contributed by atoms with Gasteiger partial charge < -0.3 is 34.6 Å². The lowest BCUT2D eigenvalue weighted by atomic mass is 10.1. The number of carbonyl (C=O) groups is 1. The van der Waals surface area contributed by atoms with Gasteiger partial charge in [0.15, 0.2) is 0 Å². The average Bonchev–Trinajstić information content (AvgIpc) is 3.03. The molecule has 0 unspecified atom stereocenters. The fourth-order valence-corrected chi connectivity index (χ4v) is 5.24. The van der Waals surface area contributed by atoms with E-state index in [1.807, 2.05) is 54.3 Å². The number of likely N-dealkylation sites (tertiary alicyclic amines) is 1. The molecule has 2 aliphatic heterocycles. The van der Waals surface area contributed by atoms with E-state index in [2.05, 4.69) is 36.6 Å². The topological polar surface area (TPSA) is 114 Å². The molecule has 2 saturated heterocycles. The highest BCUT2D eigenvalue weighted by atomic mass is 16.5. The molecular formula is C31H35N7O4. The molecule has 2 aliphatic rings. The second kappa shape index (κ2) is 12.5. The molecule has 0 saturated carbocycles. The zero-order valence-corrected chi connectivity index (χ0v) is 23.9. The summed E-state index contributed by atoms with van der Waals surface area (Å²) in [5.74, 6) is 3.22. The van der Waals surface area contributed by atoms with Crippen molar-refractivity contribution in [2.24, 2.45) is 0 Å². The van der Waals surface area contributed by atoms with Gasteiger partial charge in [0.2, 0.25) is 0 Å². The zero-order chi connectivity index (χ0) is 28.9. The number of urea groups is 1. The Hall–Kier alpha value is -4.64. The number of rotatable bonds is 7. The maximum atomic E-state index is 12.7. The van der Waals surface area contributed by atoms with Crippen LogP contribution in [0.15, 0.2) is 61.1 Å². The van der Waals surface area contributed by atoms with Crippen molar-refractivity contribution in [2.45, 2.75) is 25.9 Å². The molecule has 4 aromatic rings. The Kier molecular flexibility index (Phi) is 8.18. The van der Waals surface area contributed by atoms with E-state index in [1.54, 1.807) is 19.6 Å². The van der Waals surface area contributed by atoms with Crippen molar-refractivity contribution in [3.05, 3.63) is 66.6 Å². The Balaban J connectivity index is 1.06. The second-order valence-electron chi connectivity index (χ2n) is 10.4. The van der Waals surface area contributed by atoms with Crippen molar-refractivity contribution in [2.75, 3.05) is 62.0 Å². The van der Waals surface area contributed by atoms with Gasteiger partial charge in [-0.05, 0) is 61.0 Å². The van der Waals surface area contributed by atoms with Crippen molar-refractivity contribution in [1.29, 1.82) is 0 Å². The number of aromatic nitrogens is 3. The molecule has 2 amide bonds. The molecule has 2 N–H and O–H groups in total. The van der Waals surface area contributed by atoms with Crippen LogP contribution in [-0.4, -0.2) is 78.5 Å². The van der Waals surface area contributed by atoms with Gasteiger partial charge in [-0.2, -0.15) is 0 Å². The number of benzene rings is 2. The summed E-state index contributed by atoms with van der Waals surface area (Å²) in [7, 11) is 1.62. The highest BCUT2D eigenvalue weighted by molar-refractivity contribution is 5.92. The van der Waals surface area contributed by atoms with E-state index in [0.717, 1.165) is 76.9 Å². The lowest BCUT2D eigenvalue weighted by Crippen LogP contribution is -2.43. The number of anilines is 4. The number of piperidine rings is 1. The van der Waals surface area contributed by atoms with Gasteiger partial charge in [0.25, 0.3) is 0 Å². The molecule has 0 spiro atoms. The Morgan fingerprint density at radius 3 is 2.45 bits per heavy atom. The summed E-state index contributed by atoms with van der Waals surface area (Å²) in [6.07, 6.45) is 4.92. The lowest BCUT2D eigenvalue weighted by Gasteiger charge is -2.32. The van der Waals surface area contributed by atoms with Crippen LogP contribution in [0.4, 0.5) is 27.8 Å². The van der Waals surface area contributed by atoms with Crippen molar-refractivity contribution >= 4 is 39.9 Å². The number of carbonyl (C=O) groups excluding carboxylic acids is 1. The molecule has 6 rings (SSSR count). The number of nitrogens with one attached hydrogen (secondary N) is 2. The first-order valence-electron chi connectivity index (χ1n) is 14.2. The minimum Gasteiger partial charge on any atom is -0.497 e. The Labute approximate surface area is 244 Å². The molecule has 218 valence electrons. The van der Waals surface area contributed by atoms with Crippen LogP contribution in [0, 0.1) is 6.92 Å². The standard InChI is InChI=1S/C31H35N7O4/c1-21-17-23(35-30-26-18-29(37-13-15-41-16-14-37)32-19-27(26)33-20-34-30)5-8-28(21)42-25-9-11-38(12-10-25)31(39)36-22-3-6-24(40-2)7-4-22/h3-8,17-20,25H,9-16H2,1-2H3,(H,36,39)(H,33,34,35). The molecule has 0 atom stereocenters. The van der Waals surface area contributed by atoms with E-state index < -0.39 is 0 Å². The third-order valence-electron chi connectivity index (χ3n) is 7.64. The van der Waals surface area contributed by atoms with Gasteiger partial charge >= 0.3 is 6.03 Å². The number of methoxy groups -OCH3 is 1. The molecule has 11 nitrogen and oxygen atoms in total. The van der Waals surface area contributed by atoms with Crippen LogP contribution in [0.2, 0.25) is 0 Å². The van der Waals surface area contributed by atoms with Crippen LogP contribution in [0.1, 0.15) is 18.4 Å². The predicted molar refractivity (Wildman–Crippen MR) is 162 cm³/mol. The monoisotopic (exact) mass is 569 g/mol. The van der Waals surface area contributed by atoms with Crippen molar-refractivity contribution in [1.82, 2.24) is 19.9 Å². The van der Waals surface area contributed by atoms with E-state index >= 15 is 0 Å². The summed E-state index contributed by atoms with van der Waals surface area (Å²) in [5, 5.41) is 7.33. The van der Waals surface area contributed by atoms with Crippen LogP contribution >= 0.6 is 0 Å². The number of amides is 2. The first-order valence-corrected chi connectivity index (χ1v) is 14.2. The zero-order valence-electron chi connectivity index (χ0n) is 23.9. The van der Waals surface area contributed by atoms with E-state index in [-0.39, 0.29) is 12.1 Å². The van der Waals surface area contributed by atoms with E-state index in [0.29, 0.717) is 26.3 Å². The van der Waals surface area contributed by atoms with Crippen LogP contribution in [0.5, 0.6) is 11.5 Å². The van der Waals surface area contributed by atoms with E-state index in [4.69, 9.17) is 14.2 Å². The number of hydrogen-bond donors (Lipinski definition) is 2. The first-order chi connectivity index (χ1) is 20.6. The number of hydrogen-bond acceptors (Lipinski definition) is 9. The highest BCUT2D eigenvalue weighted by Crippen LogP contribution is 2.30. The molecule has 2 aromatic heterocycles. The highest BCUT2D eigenvalue weighted by Gasteiger charge is 2.24. The molecule has 2 aromatic carbocycles. The molecule has 0 aliphatic carbocycles. The summed E-state index contributed by atoms with van der Waals surface area (Å²) in [5.41, 5.74) is 3.46. The smallest absolute Gasteiger partial charge is 0.321 e. The summed E-state index contributed by atoms with van der Waals surface area (Å²) in [6, 6.07) is 15.3. The largest absolute Gasteiger partial charge is 0.497 e. The SMILES string of the molecule is COc1ccc(NC(=O)N2CCC(Oc3ccc(Nc4ncnc5cnc(N6CCOCC6)cc45)cc3C)CC2)cc1. The number of fused-ring (bicyclic) bond motifs is 1. The number of ether oxygens (including phenoxy) is 3. The second-order valence-corrected chi connectivity index (χ2v) is 10.4. The number of nitrogens with zero attached hydrogens (tertiary/aromatic N) is 5. The molecule has 4 heterocycles. The molecule has 42 heavy (non-hydrogen) atoms. The van der Waals surface area contributed by atoms with Crippen LogP contribution < -0.4 is 25.0 Å². The fourth-order valence-electron chi connectivity index (χ4n) is 5.24.